The van der Waals surface area contributed by atoms with Gasteiger partial charge < -0.3 is 10.1 Å². The Labute approximate surface area is 163 Å². The molecule has 0 saturated carbocycles. The number of rotatable bonds is 9. The molecule has 6 nitrogen and oxygen atoms in total. The third-order valence-corrected chi connectivity index (χ3v) is 5.65. The summed E-state index contributed by atoms with van der Waals surface area (Å²) in [7, 11) is 0. The van der Waals surface area contributed by atoms with Gasteiger partial charge in [-0.1, -0.05) is 43.7 Å². The summed E-state index contributed by atoms with van der Waals surface area (Å²) < 4.78 is 7.38. The Morgan fingerprint density at radius 1 is 1.37 bits per heavy atom. The maximum atomic E-state index is 13.0. The number of carbonyl (C=O) groups excluding carboxylic acids is 1. The summed E-state index contributed by atoms with van der Waals surface area (Å²) in [5, 5.41) is 4.11. The summed E-state index contributed by atoms with van der Waals surface area (Å²) in [5.74, 6) is 0.227. The van der Waals surface area contributed by atoms with Gasteiger partial charge in [-0.25, -0.2) is 4.98 Å². The van der Waals surface area contributed by atoms with Gasteiger partial charge in [0.2, 0.25) is 5.91 Å². The fraction of sp³-hybridized carbons (Fsp3) is 0.550. The van der Waals surface area contributed by atoms with Crippen molar-refractivity contribution in [2.24, 2.45) is 0 Å². The van der Waals surface area contributed by atoms with Crippen LogP contribution in [0.5, 0.6) is 0 Å². The lowest BCUT2D eigenvalue weighted by Gasteiger charge is -2.16. The number of aromatic nitrogens is 2. The number of carbonyl (C=O) groups is 1. The van der Waals surface area contributed by atoms with Crippen molar-refractivity contribution in [3.63, 3.8) is 0 Å². The molecule has 0 spiro atoms. The van der Waals surface area contributed by atoms with E-state index in [9.17, 15) is 9.59 Å². The zero-order valence-corrected chi connectivity index (χ0v) is 16.6. The van der Waals surface area contributed by atoms with Crippen LogP contribution in [0.15, 0.2) is 34.2 Å². The number of fused-ring (bicyclic) bond motifs is 1. The lowest BCUT2D eigenvalue weighted by molar-refractivity contribution is -0.118. The highest BCUT2D eigenvalue weighted by Gasteiger charge is 2.20. The van der Waals surface area contributed by atoms with Crippen molar-refractivity contribution >= 4 is 28.6 Å². The molecule has 1 N–H and O–H groups in total. The molecule has 1 unspecified atom stereocenters. The number of nitrogens with one attached hydrogen (secondary N) is 1. The molecule has 1 aliphatic heterocycles. The van der Waals surface area contributed by atoms with Gasteiger partial charge in [0.15, 0.2) is 5.16 Å². The monoisotopic (exact) mass is 389 g/mol. The van der Waals surface area contributed by atoms with Crippen LogP contribution >= 0.6 is 11.8 Å². The summed E-state index contributed by atoms with van der Waals surface area (Å²) in [5.41, 5.74) is 0.596. The Bertz CT molecular complexity index is 831. The number of nitrogens with zero attached hydrogens (tertiary/aromatic N) is 2. The predicted octanol–water partition coefficient (Wildman–Crippen LogP) is 2.97. The average molecular weight is 390 g/mol. The maximum Gasteiger partial charge on any atom is 0.262 e. The van der Waals surface area contributed by atoms with E-state index in [1.54, 1.807) is 10.6 Å². The average Bonchev–Trinajstić information content (AvgIpc) is 3.19. The van der Waals surface area contributed by atoms with E-state index in [1.165, 1.54) is 11.8 Å². The Kier molecular flexibility index (Phi) is 7.29. The lowest BCUT2D eigenvalue weighted by atomic mass is 10.2. The fourth-order valence-corrected chi connectivity index (χ4v) is 4.03. The van der Waals surface area contributed by atoms with E-state index in [1.807, 2.05) is 18.2 Å². The molecule has 3 rings (SSSR count). The summed E-state index contributed by atoms with van der Waals surface area (Å²) in [6.07, 6.45) is 5.23. The van der Waals surface area contributed by atoms with Gasteiger partial charge in [0.25, 0.3) is 5.56 Å². The van der Waals surface area contributed by atoms with E-state index in [4.69, 9.17) is 4.74 Å². The third kappa shape index (κ3) is 5.32. The second-order valence-corrected chi connectivity index (χ2v) is 7.75. The molecule has 27 heavy (non-hydrogen) atoms. The highest BCUT2D eigenvalue weighted by molar-refractivity contribution is 7.99. The van der Waals surface area contributed by atoms with Crippen molar-refractivity contribution in [1.82, 2.24) is 14.9 Å². The normalized spacial score (nSPS) is 16.7. The number of amides is 1. The first-order chi connectivity index (χ1) is 13.2. The minimum absolute atomic E-state index is 0.0258. The highest BCUT2D eigenvalue weighted by Crippen LogP contribution is 2.20. The molecular formula is C20H27N3O3S. The Morgan fingerprint density at radius 2 is 2.22 bits per heavy atom. The van der Waals surface area contributed by atoms with Gasteiger partial charge in [-0.3, -0.25) is 14.2 Å². The Hall–Kier alpha value is -1.86. The quantitative estimate of drug-likeness (QED) is 0.405. The molecule has 1 fully saturated rings. The first kappa shape index (κ1) is 19.9. The second-order valence-electron chi connectivity index (χ2n) is 6.81. The molecule has 1 amide bonds. The van der Waals surface area contributed by atoms with Crippen LogP contribution in [-0.4, -0.2) is 40.5 Å². The molecule has 1 atom stereocenters. The number of hydrogen-bond donors (Lipinski definition) is 1. The molecule has 1 aromatic heterocycles. The number of benzene rings is 1. The largest absolute Gasteiger partial charge is 0.376 e. The van der Waals surface area contributed by atoms with Crippen molar-refractivity contribution in [2.75, 3.05) is 18.9 Å². The summed E-state index contributed by atoms with van der Waals surface area (Å²) in [6, 6.07) is 7.35. The topological polar surface area (TPSA) is 73.2 Å². The smallest absolute Gasteiger partial charge is 0.262 e. The van der Waals surface area contributed by atoms with Crippen LogP contribution in [0.1, 0.15) is 39.0 Å². The Balaban J connectivity index is 1.75. The fourth-order valence-electron chi connectivity index (χ4n) is 3.19. The van der Waals surface area contributed by atoms with Gasteiger partial charge in [-0.15, -0.1) is 0 Å². The van der Waals surface area contributed by atoms with E-state index in [0.717, 1.165) is 38.7 Å². The van der Waals surface area contributed by atoms with Crippen molar-refractivity contribution in [2.45, 2.75) is 56.8 Å². The lowest BCUT2D eigenvalue weighted by Crippen LogP contribution is -2.30. The van der Waals surface area contributed by atoms with E-state index >= 15 is 0 Å². The molecule has 0 bridgehead atoms. The van der Waals surface area contributed by atoms with Gasteiger partial charge in [-0.2, -0.15) is 0 Å². The van der Waals surface area contributed by atoms with Crippen LogP contribution < -0.4 is 10.9 Å². The number of hydrogen-bond acceptors (Lipinski definition) is 5. The van der Waals surface area contributed by atoms with Crippen LogP contribution in [0, 0.1) is 0 Å². The Morgan fingerprint density at radius 3 is 3.00 bits per heavy atom. The molecule has 1 saturated heterocycles. The molecule has 1 aromatic carbocycles. The summed E-state index contributed by atoms with van der Waals surface area (Å²) in [4.78, 5) is 29.7. The van der Waals surface area contributed by atoms with Gasteiger partial charge in [0, 0.05) is 13.2 Å². The van der Waals surface area contributed by atoms with Crippen LogP contribution in [0.4, 0.5) is 0 Å². The maximum absolute atomic E-state index is 13.0. The predicted molar refractivity (Wildman–Crippen MR) is 108 cm³/mol. The molecule has 0 aliphatic carbocycles. The van der Waals surface area contributed by atoms with Gasteiger partial charge >= 0.3 is 0 Å². The minimum atomic E-state index is -0.0676. The van der Waals surface area contributed by atoms with E-state index in [0.29, 0.717) is 29.1 Å². The van der Waals surface area contributed by atoms with Crippen LogP contribution in [0.2, 0.25) is 0 Å². The van der Waals surface area contributed by atoms with Gasteiger partial charge in [0.1, 0.15) is 0 Å². The SMILES string of the molecule is CCCCCNC(=O)CSc1nc2ccccc2c(=O)n1CC1CCCO1. The molecule has 7 heteroatoms. The summed E-state index contributed by atoms with van der Waals surface area (Å²) in [6.45, 7) is 4.05. The number of para-hydroxylation sites is 1. The third-order valence-electron chi connectivity index (χ3n) is 4.67. The molecule has 1 aliphatic rings. The van der Waals surface area contributed by atoms with Crippen molar-refractivity contribution < 1.29 is 9.53 Å². The van der Waals surface area contributed by atoms with Gasteiger partial charge in [-0.05, 0) is 31.4 Å². The van der Waals surface area contributed by atoms with Crippen molar-refractivity contribution in [1.29, 1.82) is 0 Å². The van der Waals surface area contributed by atoms with Crippen LogP contribution in [0.25, 0.3) is 10.9 Å². The first-order valence-corrected chi connectivity index (χ1v) is 10.7. The molecule has 2 aromatic rings. The number of unbranched alkanes of at least 4 members (excludes halogenated alkanes) is 2. The number of thioether (sulfide) groups is 1. The first-order valence-electron chi connectivity index (χ1n) is 9.69. The second kappa shape index (κ2) is 9.90. The minimum Gasteiger partial charge on any atom is -0.376 e. The molecular weight excluding hydrogens is 362 g/mol. The number of ether oxygens (including phenoxy) is 1. The zero-order chi connectivity index (χ0) is 19.1. The van der Waals surface area contributed by atoms with Crippen LogP contribution in [-0.2, 0) is 16.1 Å². The molecule has 2 heterocycles. The van der Waals surface area contributed by atoms with E-state index in [-0.39, 0.29) is 23.3 Å². The van der Waals surface area contributed by atoms with Crippen LogP contribution in [0.3, 0.4) is 0 Å². The van der Waals surface area contributed by atoms with Gasteiger partial charge in [0.05, 0.1) is 29.3 Å². The summed E-state index contributed by atoms with van der Waals surface area (Å²) >= 11 is 1.32. The van der Waals surface area contributed by atoms with Crippen molar-refractivity contribution in [3.05, 3.63) is 34.6 Å². The zero-order valence-electron chi connectivity index (χ0n) is 15.8. The molecule has 146 valence electrons. The van der Waals surface area contributed by atoms with E-state index in [2.05, 4.69) is 17.2 Å². The molecule has 0 radical (unpaired) electrons. The van der Waals surface area contributed by atoms with Crippen molar-refractivity contribution in [3.8, 4) is 0 Å². The highest BCUT2D eigenvalue weighted by atomic mass is 32.2. The van der Waals surface area contributed by atoms with E-state index < -0.39 is 0 Å². The standard InChI is InChI=1S/C20H27N3O3S/c1-2-3-6-11-21-18(24)14-27-20-22-17-10-5-4-9-16(17)19(25)23(20)13-15-8-7-12-26-15/h4-5,9-10,15H,2-3,6-8,11-14H2,1H3,(H,21,24).